The lowest BCUT2D eigenvalue weighted by molar-refractivity contribution is -0.143. The minimum Gasteiger partial charge on any atom is -0.489 e. The predicted octanol–water partition coefficient (Wildman–Crippen LogP) is 5.93. The number of hydrogen-bond donors (Lipinski definition) is 0. The minimum atomic E-state index is -0.804. The summed E-state index contributed by atoms with van der Waals surface area (Å²) in [4.78, 5) is 11.3. The SMILES string of the molecule is CCOC(=O)CCCOc1c(F)cc(-c2cccc(OCc3ccccc3)c2)cc1F. The van der Waals surface area contributed by atoms with Gasteiger partial charge in [0, 0.05) is 6.42 Å². The Morgan fingerprint density at radius 3 is 2.32 bits per heavy atom. The van der Waals surface area contributed by atoms with Crippen LogP contribution in [0.15, 0.2) is 66.7 Å². The van der Waals surface area contributed by atoms with E-state index < -0.39 is 17.4 Å². The average Bonchev–Trinajstić information content (AvgIpc) is 2.77. The van der Waals surface area contributed by atoms with E-state index in [1.807, 2.05) is 30.3 Å². The molecule has 0 N–H and O–H groups in total. The van der Waals surface area contributed by atoms with Crippen molar-refractivity contribution in [3.8, 4) is 22.6 Å². The van der Waals surface area contributed by atoms with Gasteiger partial charge in [-0.15, -0.1) is 0 Å². The largest absolute Gasteiger partial charge is 0.489 e. The maximum atomic E-state index is 14.5. The Hall–Kier alpha value is -3.41. The molecule has 3 rings (SSSR count). The van der Waals surface area contributed by atoms with Crippen LogP contribution in [0.25, 0.3) is 11.1 Å². The van der Waals surface area contributed by atoms with Crippen molar-refractivity contribution >= 4 is 5.97 Å². The molecule has 3 aromatic rings. The maximum absolute atomic E-state index is 14.5. The number of ether oxygens (including phenoxy) is 3. The lowest BCUT2D eigenvalue weighted by Crippen LogP contribution is -2.08. The molecule has 0 atom stereocenters. The van der Waals surface area contributed by atoms with Crippen LogP contribution in [-0.2, 0) is 16.1 Å². The van der Waals surface area contributed by atoms with E-state index in [0.717, 1.165) is 5.56 Å². The molecule has 0 spiro atoms. The van der Waals surface area contributed by atoms with Crippen LogP contribution in [-0.4, -0.2) is 19.2 Å². The summed E-state index contributed by atoms with van der Waals surface area (Å²) in [5.74, 6) is -1.83. The molecule has 162 valence electrons. The number of benzene rings is 3. The Morgan fingerprint density at radius 2 is 1.61 bits per heavy atom. The Kier molecular flexibility index (Phi) is 7.98. The number of carbonyl (C=O) groups is 1. The van der Waals surface area contributed by atoms with Crippen molar-refractivity contribution in [3.63, 3.8) is 0 Å². The van der Waals surface area contributed by atoms with Crippen LogP contribution in [0.5, 0.6) is 11.5 Å². The van der Waals surface area contributed by atoms with Gasteiger partial charge in [0.05, 0.1) is 13.2 Å². The molecule has 4 nitrogen and oxygen atoms in total. The molecule has 0 aliphatic rings. The highest BCUT2D eigenvalue weighted by molar-refractivity contribution is 5.69. The van der Waals surface area contributed by atoms with Crippen molar-refractivity contribution in [2.45, 2.75) is 26.4 Å². The van der Waals surface area contributed by atoms with Gasteiger partial charge in [0.1, 0.15) is 12.4 Å². The van der Waals surface area contributed by atoms with E-state index in [1.165, 1.54) is 12.1 Å². The van der Waals surface area contributed by atoms with Crippen LogP contribution >= 0.6 is 0 Å². The van der Waals surface area contributed by atoms with Gasteiger partial charge in [-0.1, -0.05) is 42.5 Å². The van der Waals surface area contributed by atoms with E-state index in [4.69, 9.17) is 14.2 Å². The fourth-order valence-electron chi connectivity index (χ4n) is 2.99. The molecule has 0 saturated carbocycles. The van der Waals surface area contributed by atoms with Crippen LogP contribution in [0.1, 0.15) is 25.3 Å². The fourth-order valence-corrected chi connectivity index (χ4v) is 2.99. The first-order valence-electron chi connectivity index (χ1n) is 10.1. The molecule has 3 aromatic carbocycles. The first-order chi connectivity index (χ1) is 15.1. The van der Waals surface area contributed by atoms with Crippen molar-refractivity contribution in [1.82, 2.24) is 0 Å². The Labute approximate surface area is 180 Å². The standard InChI is InChI=1S/C25H24F2O4/c1-2-29-24(28)12-7-13-30-25-22(26)15-20(16-23(25)27)19-10-6-11-21(14-19)31-17-18-8-4-3-5-9-18/h3-6,8-11,14-16H,2,7,12-13,17H2,1H3. The summed E-state index contributed by atoms with van der Waals surface area (Å²) in [5.41, 5.74) is 2.02. The number of esters is 1. The van der Waals surface area contributed by atoms with E-state index in [-0.39, 0.29) is 19.0 Å². The third-order valence-corrected chi connectivity index (χ3v) is 4.49. The molecule has 31 heavy (non-hydrogen) atoms. The van der Waals surface area contributed by atoms with Gasteiger partial charge in [-0.05, 0) is 54.3 Å². The van der Waals surface area contributed by atoms with Gasteiger partial charge >= 0.3 is 5.97 Å². The predicted molar refractivity (Wildman–Crippen MR) is 114 cm³/mol. The summed E-state index contributed by atoms with van der Waals surface area (Å²) in [6.45, 7) is 2.41. The summed E-state index contributed by atoms with van der Waals surface area (Å²) in [7, 11) is 0. The Balaban J connectivity index is 1.64. The van der Waals surface area contributed by atoms with Crippen molar-refractivity contribution < 1.29 is 27.8 Å². The molecule has 0 fully saturated rings. The number of carbonyl (C=O) groups excluding carboxylic acids is 1. The highest BCUT2D eigenvalue weighted by atomic mass is 19.1. The van der Waals surface area contributed by atoms with Gasteiger partial charge in [-0.2, -0.15) is 0 Å². The summed E-state index contributed by atoms with van der Waals surface area (Å²) < 4.78 is 44.8. The second-order valence-electron chi connectivity index (χ2n) is 6.83. The number of rotatable bonds is 10. The maximum Gasteiger partial charge on any atom is 0.305 e. The van der Waals surface area contributed by atoms with Crippen molar-refractivity contribution in [3.05, 3.63) is 83.9 Å². The number of hydrogen-bond acceptors (Lipinski definition) is 4. The fraction of sp³-hybridized carbons (Fsp3) is 0.240. The zero-order chi connectivity index (χ0) is 22.1. The van der Waals surface area contributed by atoms with E-state index in [2.05, 4.69) is 0 Å². The van der Waals surface area contributed by atoms with Crippen LogP contribution < -0.4 is 9.47 Å². The molecular weight excluding hydrogens is 402 g/mol. The summed E-state index contributed by atoms with van der Waals surface area (Å²) in [6, 6.07) is 19.2. The van der Waals surface area contributed by atoms with Gasteiger partial charge in [0.15, 0.2) is 17.4 Å². The Morgan fingerprint density at radius 1 is 0.871 bits per heavy atom. The summed E-state index contributed by atoms with van der Waals surface area (Å²) >= 11 is 0. The molecule has 0 heterocycles. The molecule has 0 aliphatic carbocycles. The molecule has 0 saturated heterocycles. The monoisotopic (exact) mass is 426 g/mol. The van der Waals surface area contributed by atoms with Gasteiger partial charge in [0.25, 0.3) is 0 Å². The first-order valence-corrected chi connectivity index (χ1v) is 10.1. The lowest BCUT2D eigenvalue weighted by Gasteiger charge is -2.12. The second kappa shape index (κ2) is 11.1. The van der Waals surface area contributed by atoms with Crippen LogP contribution in [0.3, 0.4) is 0 Å². The van der Waals surface area contributed by atoms with Crippen molar-refractivity contribution in [2.75, 3.05) is 13.2 Å². The molecule has 6 heteroatoms. The highest BCUT2D eigenvalue weighted by Crippen LogP contribution is 2.31. The zero-order valence-corrected chi connectivity index (χ0v) is 17.3. The van der Waals surface area contributed by atoms with Crippen molar-refractivity contribution in [2.24, 2.45) is 0 Å². The molecule has 0 radical (unpaired) electrons. The average molecular weight is 426 g/mol. The van der Waals surface area contributed by atoms with Gasteiger partial charge in [-0.25, -0.2) is 8.78 Å². The van der Waals surface area contributed by atoms with E-state index in [9.17, 15) is 13.6 Å². The van der Waals surface area contributed by atoms with E-state index in [1.54, 1.807) is 31.2 Å². The molecular formula is C25H24F2O4. The van der Waals surface area contributed by atoms with Crippen LogP contribution in [0.4, 0.5) is 8.78 Å². The van der Waals surface area contributed by atoms with Gasteiger partial charge < -0.3 is 14.2 Å². The second-order valence-corrected chi connectivity index (χ2v) is 6.83. The third-order valence-electron chi connectivity index (χ3n) is 4.49. The number of halogens is 2. The molecule has 0 amide bonds. The van der Waals surface area contributed by atoms with E-state index >= 15 is 0 Å². The van der Waals surface area contributed by atoms with E-state index in [0.29, 0.717) is 36.5 Å². The van der Waals surface area contributed by atoms with Gasteiger partial charge in [-0.3, -0.25) is 4.79 Å². The molecule has 0 aromatic heterocycles. The summed E-state index contributed by atoms with van der Waals surface area (Å²) in [5, 5.41) is 0. The normalized spacial score (nSPS) is 10.5. The zero-order valence-electron chi connectivity index (χ0n) is 17.3. The molecule has 0 aliphatic heterocycles. The first kappa shape index (κ1) is 22.3. The van der Waals surface area contributed by atoms with Crippen molar-refractivity contribution in [1.29, 1.82) is 0 Å². The van der Waals surface area contributed by atoms with Gasteiger partial charge in [0.2, 0.25) is 0 Å². The quantitative estimate of drug-likeness (QED) is 0.298. The topological polar surface area (TPSA) is 44.8 Å². The smallest absolute Gasteiger partial charge is 0.305 e. The molecule has 0 unspecified atom stereocenters. The van der Waals surface area contributed by atoms with Crippen LogP contribution in [0.2, 0.25) is 0 Å². The molecule has 0 bridgehead atoms. The third kappa shape index (κ3) is 6.54. The minimum absolute atomic E-state index is 0.00874. The summed E-state index contributed by atoms with van der Waals surface area (Å²) in [6.07, 6.45) is 0.436. The lowest BCUT2D eigenvalue weighted by atomic mass is 10.0. The van der Waals surface area contributed by atoms with Crippen LogP contribution in [0, 0.1) is 11.6 Å². The Bertz CT molecular complexity index is 982. The highest BCUT2D eigenvalue weighted by Gasteiger charge is 2.14.